The molecule has 166 valence electrons. The number of likely N-dealkylation sites (N-methyl/N-ethyl adjacent to an activating group) is 1. The first-order valence-electron chi connectivity index (χ1n) is 9.24. The Bertz CT molecular complexity index is 817. The lowest BCUT2D eigenvalue weighted by Gasteiger charge is -2.46. The quantitative estimate of drug-likeness (QED) is 0.723. The number of carboxylic acids is 1. The lowest BCUT2D eigenvalue weighted by Crippen LogP contribution is -2.64. The molecular weight excluding hydrogens is 410 g/mol. The molecule has 2 aliphatic heterocycles. The Morgan fingerprint density at radius 2 is 1.87 bits per heavy atom. The Morgan fingerprint density at radius 3 is 2.40 bits per heavy atom. The van der Waals surface area contributed by atoms with Crippen LogP contribution in [0.15, 0.2) is 24.3 Å². The van der Waals surface area contributed by atoms with Gasteiger partial charge in [-0.15, -0.1) is 0 Å². The predicted molar refractivity (Wildman–Crippen MR) is 99.3 cm³/mol. The SMILES string of the molecule is CCC(=O)N1CCC2(C1)CN(c1cccc(F)c1)C(=O)CN2C.O=C(O)C(F)(F)F. The van der Waals surface area contributed by atoms with Crippen LogP contribution in [0, 0.1) is 5.82 Å². The van der Waals surface area contributed by atoms with Crippen LogP contribution >= 0.6 is 0 Å². The average molecular weight is 433 g/mol. The normalized spacial score (nSPS) is 22.1. The Kier molecular flexibility index (Phi) is 7.06. The van der Waals surface area contributed by atoms with Crippen LogP contribution in [0.5, 0.6) is 0 Å². The van der Waals surface area contributed by atoms with Gasteiger partial charge in [-0.1, -0.05) is 13.0 Å². The summed E-state index contributed by atoms with van der Waals surface area (Å²) in [7, 11) is 1.93. The summed E-state index contributed by atoms with van der Waals surface area (Å²) in [6.07, 6.45) is -3.76. The van der Waals surface area contributed by atoms with Gasteiger partial charge in [-0.2, -0.15) is 13.2 Å². The van der Waals surface area contributed by atoms with Gasteiger partial charge in [-0.05, 0) is 31.7 Å². The van der Waals surface area contributed by atoms with Gasteiger partial charge in [0, 0.05) is 31.7 Å². The van der Waals surface area contributed by atoms with E-state index in [2.05, 4.69) is 0 Å². The first-order valence-corrected chi connectivity index (χ1v) is 9.24. The van der Waals surface area contributed by atoms with Crippen molar-refractivity contribution < 1.29 is 37.1 Å². The maximum absolute atomic E-state index is 13.5. The number of halogens is 4. The van der Waals surface area contributed by atoms with Crippen molar-refractivity contribution in [3.05, 3.63) is 30.1 Å². The van der Waals surface area contributed by atoms with Crippen molar-refractivity contribution in [1.29, 1.82) is 0 Å². The van der Waals surface area contributed by atoms with E-state index in [1.165, 1.54) is 12.1 Å². The summed E-state index contributed by atoms with van der Waals surface area (Å²) < 4.78 is 45.2. The summed E-state index contributed by atoms with van der Waals surface area (Å²) in [5.41, 5.74) is 0.341. The summed E-state index contributed by atoms with van der Waals surface area (Å²) in [5.74, 6) is -3.00. The fraction of sp³-hybridized carbons (Fsp3) is 0.526. The number of carbonyl (C=O) groups excluding carboxylic acids is 2. The fourth-order valence-electron chi connectivity index (χ4n) is 3.57. The minimum Gasteiger partial charge on any atom is -0.475 e. The number of nitrogens with zero attached hydrogens (tertiary/aromatic N) is 3. The molecule has 1 N–H and O–H groups in total. The van der Waals surface area contributed by atoms with Gasteiger partial charge in [0.1, 0.15) is 5.82 Å². The molecule has 2 amide bonds. The largest absolute Gasteiger partial charge is 0.490 e. The monoisotopic (exact) mass is 433 g/mol. The highest BCUT2D eigenvalue weighted by Crippen LogP contribution is 2.33. The topological polar surface area (TPSA) is 81.2 Å². The van der Waals surface area contributed by atoms with E-state index in [1.807, 2.05) is 23.8 Å². The van der Waals surface area contributed by atoms with E-state index in [0.29, 0.717) is 31.7 Å². The highest BCUT2D eigenvalue weighted by Gasteiger charge is 2.48. The molecule has 0 aliphatic carbocycles. The molecule has 0 aromatic heterocycles. The number of rotatable bonds is 2. The molecule has 1 spiro atoms. The zero-order valence-electron chi connectivity index (χ0n) is 16.6. The Hall–Kier alpha value is -2.69. The number of carboxylic acid groups (broad SMARTS) is 1. The number of anilines is 1. The minimum absolute atomic E-state index is 0.0380. The third kappa shape index (κ3) is 5.26. The van der Waals surface area contributed by atoms with E-state index in [4.69, 9.17) is 9.90 Å². The van der Waals surface area contributed by atoms with E-state index in [-0.39, 0.29) is 29.7 Å². The lowest BCUT2D eigenvalue weighted by atomic mass is 9.92. The average Bonchev–Trinajstić information content (AvgIpc) is 3.09. The molecule has 1 unspecified atom stereocenters. The van der Waals surface area contributed by atoms with Crippen LogP contribution in [0.2, 0.25) is 0 Å². The molecule has 1 aromatic rings. The van der Waals surface area contributed by atoms with Crippen LogP contribution in [0.3, 0.4) is 0 Å². The molecular formula is C19H23F4N3O4. The zero-order chi connectivity index (χ0) is 22.7. The molecule has 0 saturated carbocycles. The summed E-state index contributed by atoms with van der Waals surface area (Å²) >= 11 is 0. The standard InChI is InChI=1S/C17H22FN3O2.C2HF3O2/c1-3-15(22)20-8-7-17(11-20)12-21(16(23)10-19(17)2)14-6-4-5-13(18)9-14;3-2(4,5)1(6)7/h4-6,9H,3,7-8,10-12H2,1-2H3;(H,6,7). The van der Waals surface area contributed by atoms with Crippen molar-refractivity contribution >= 4 is 23.5 Å². The molecule has 2 saturated heterocycles. The van der Waals surface area contributed by atoms with Crippen LogP contribution in [-0.4, -0.2) is 77.6 Å². The number of amides is 2. The third-order valence-corrected chi connectivity index (χ3v) is 5.29. The van der Waals surface area contributed by atoms with Gasteiger partial charge < -0.3 is 14.9 Å². The smallest absolute Gasteiger partial charge is 0.475 e. The summed E-state index contributed by atoms with van der Waals surface area (Å²) in [4.78, 5) is 38.9. The number of hydrogen-bond donors (Lipinski definition) is 1. The zero-order valence-corrected chi connectivity index (χ0v) is 16.6. The molecule has 7 nitrogen and oxygen atoms in total. The molecule has 30 heavy (non-hydrogen) atoms. The number of alkyl halides is 3. The van der Waals surface area contributed by atoms with Crippen LogP contribution in [0.1, 0.15) is 19.8 Å². The van der Waals surface area contributed by atoms with Crippen LogP contribution in [0.4, 0.5) is 23.2 Å². The van der Waals surface area contributed by atoms with Crippen molar-refractivity contribution in [3.63, 3.8) is 0 Å². The highest BCUT2D eigenvalue weighted by molar-refractivity contribution is 5.96. The van der Waals surface area contributed by atoms with E-state index in [0.717, 1.165) is 6.42 Å². The third-order valence-electron chi connectivity index (χ3n) is 5.29. The predicted octanol–water partition coefficient (Wildman–Crippen LogP) is 2.12. The lowest BCUT2D eigenvalue weighted by molar-refractivity contribution is -0.192. The second-order valence-electron chi connectivity index (χ2n) is 7.26. The second kappa shape index (κ2) is 8.99. The van der Waals surface area contributed by atoms with Gasteiger partial charge in [-0.25, -0.2) is 9.18 Å². The number of hydrogen-bond acceptors (Lipinski definition) is 4. The molecule has 1 aromatic carbocycles. The van der Waals surface area contributed by atoms with Gasteiger partial charge in [0.05, 0.1) is 12.1 Å². The van der Waals surface area contributed by atoms with Crippen molar-refractivity contribution in [2.45, 2.75) is 31.5 Å². The first kappa shape index (κ1) is 23.6. The van der Waals surface area contributed by atoms with Crippen LogP contribution in [0.25, 0.3) is 0 Å². The summed E-state index contributed by atoms with van der Waals surface area (Å²) in [6.45, 7) is 3.96. The number of benzene rings is 1. The maximum Gasteiger partial charge on any atom is 0.490 e. The van der Waals surface area contributed by atoms with E-state index in [1.54, 1.807) is 17.0 Å². The van der Waals surface area contributed by atoms with Gasteiger partial charge in [0.2, 0.25) is 11.8 Å². The summed E-state index contributed by atoms with van der Waals surface area (Å²) in [5, 5.41) is 7.12. The molecule has 2 aliphatic rings. The maximum atomic E-state index is 13.5. The Morgan fingerprint density at radius 1 is 1.23 bits per heavy atom. The summed E-state index contributed by atoms with van der Waals surface area (Å²) in [6, 6.07) is 6.13. The molecule has 2 fully saturated rings. The van der Waals surface area contributed by atoms with E-state index in [9.17, 15) is 27.2 Å². The van der Waals surface area contributed by atoms with E-state index >= 15 is 0 Å². The van der Waals surface area contributed by atoms with Crippen LogP contribution < -0.4 is 4.90 Å². The second-order valence-corrected chi connectivity index (χ2v) is 7.26. The first-order chi connectivity index (χ1) is 13.9. The van der Waals surface area contributed by atoms with Crippen molar-refractivity contribution in [2.75, 3.05) is 38.1 Å². The van der Waals surface area contributed by atoms with Crippen molar-refractivity contribution in [1.82, 2.24) is 9.80 Å². The van der Waals surface area contributed by atoms with Gasteiger partial charge in [0.25, 0.3) is 0 Å². The van der Waals surface area contributed by atoms with Gasteiger partial charge >= 0.3 is 12.1 Å². The molecule has 3 rings (SSSR count). The van der Waals surface area contributed by atoms with Gasteiger partial charge in [-0.3, -0.25) is 14.5 Å². The number of carbonyl (C=O) groups is 3. The van der Waals surface area contributed by atoms with Crippen molar-refractivity contribution in [2.24, 2.45) is 0 Å². The molecule has 0 radical (unpaired) electrons. The number of piperazine rings is 1. The molecule has 0 bridgehead atoms. The molecule has 1 atom stereocenters. The Balaban J connectivity index is 0.000000396. The highest BCUT2D eigenvalue weighted by atomic mass is 19.4. The van der Waals surface area contributed by atoms with Crippen molar-refractivity contribution in [3.8, 4) is 0 Å². The molecule has 11 heteroatoms. The molecule has 2 heterocycles. The minimum atomic E-state index is -5.08. The Labute approximate surface area is 170 Å². The van der Waals surface area contributed by atoms with E-state index < -0.39 is 12.1 Å². The van der Waals surface area contributed by atoms with Crippen LogP contribution in [-0.2, 0) is 14.4 Å². The fourth-order valence-corrected chi connectivity index (χ4v) is 3.57. The number of likely N-dealkylation sites (tertiary alicyclic amines) is 1. The van der Waals surface area contributed by atoms with Gasteiger partial charge in [0.15, 0.2) is 0 Å². The number of aliphatic carboxylic acids is 1.